The van der Waals surface area contributed by atoms with Crippen molar-refractivity contribution in [2.24, 2.45) is 0 Å². The van der Waals surface area contributed by atoms with E-state index < -0.39 is 6.43 Å². The molecule has 6 nitrogen and oxygen atoms in total. The molecule has 0 saturated carbocycles. The predicted octanol–water partition coefficient (Wildman–Crippen LogP) is 2.73. The van der Waals surface area contributed by atoms with Crippen LogP contribution in [0.15, 0.2) is 30.3 Å². The molecule has 2 N–H and O–H groups in total. The molecule has 0 radical (unpaired) electrons. The van der Waals surface area contributed by atoms with Crippen LogP contribution in [-0.2, 0) is 16.1 Å². The van der Waals surface area contributed by atoms with Gasteiger partial charge in [-0.3, -0.25) is 14.3 Å². The molecular formula is C15H16F2N4O2. The van der Waals surface area contributed by atoms with Crippen molar-refractivity contribution in [2.45, 2.75) is 26.8 Å². The van der Waals surface area contributed by atoms with Crippen molar-refractivity contribution >= 4 is 23.2 Å². The summed E-state index contributed by atoms with van der Waals surface area (Å²) in [6, 6.07) is 7.80. The molecule has 0 aliphatic carbocycles. The minimum atomic E-state index is -2.67. The van der Waals surface area contributed by atoms with Gasteiger partial charge in [-0.15, -0.1) is 0 Å². The second-order valence-corrected chi connectivity index (χ2v) is 4.98. The Bertz CT molecular complexity index is 711. The lowest BCUT2D eigenvalue weighted by atomic mass is 10.2. The molecule has 0 fully saturated rings. The molecule has 0 aliphatic rings. The van der Waals surface area contributed by atoms with Crippen LogP contribution in [-0.4, -0.2) is 21.6 Å². The van der Waals surface area contributed by atoms with Crippen molar-refractivity contribution in [3.05, 3.63) is 41.7 Å². The van der Waals surface area contributed by atoms with Crippen LogP contribution in [0.1, 0.15) is 24.7 Å². The first-order valence-corrected chi connectivity index (χ1v) is 6.85. The lowest BCUT2D eigenvalue weighted by Crippen LogP contribution is -2.20. The molecule has 1 aromatic heterocycles. The lowest BCUT2D eigenvalue weighted by molar-refractivity contribution is -0.117. The Hall–Kier alpha value is -2.77. The van der Waals surface area contributed by atoms with E-state index in [1.807, 2.05) is 0 Å². The molecule has 0 aliphatic heterocycles. The number of anilines is 2. The van der Waals surface area contributed by atoms with Crippen LogP contribution in [0, 0.1) is 6.92 Å². The topological polar surface area (TPSA) is 76.0 Å². The molecular weight excluding hydrogens is 306 g/mol. The molecule has 2 amide bonds. The maximum absolute atomic E-state index is 12.6. The molecule has 122 valence electrons. The van der Waals surface area contributed by atoms with E-state index in [-0.39, 0.29) is 24.1 Å². The SMILES string of the molecule is CC(=O)Nc1ccc(NC(=O)Cn2nc(C(F)F)cc2C)cc1. The molecule has 2 aromatic rings. The molecule has 0 unspecified atom stereocenters. The number of nitrogens with one attached hydrogen (secondary N) is 2. The molecule has 1 heterocycles. The number of aryl methyl sites for hydroxylation is 1. The van der Waals surface area contributed by atoms with Crippen molar-refractivity contribution < 1.29 is 18.4 Å². The third-order valence-corrected chi connectivity index (χ3v) is 3.01. The molecule has 23 heavy (non-hydrogen) atoms. The molecule has 1 aromatic carbocycles. The zero-order chi connectivity index (χ0) is 17.0. The van der Waals surface area contributed by atoms with Crippen LogP contribution in [0.25, 0.3) is 0 Å². The van der Waals surface area contributed by atoms with Gasteiger partial charge >= 0.3 is 0 Å². The average molecular weight is 322 g/mol. The third-order valence-electron chi connectivity index (χ3n) is 3.01. The highest BCUT2D eigenvalue weighted by atomic mass is 19.3. The summed E-state index contributed by atoms with van der Waals surface area (Å²) < 4.78 is 26.4. The minimum Gasteiger partial charge on any atom is -0.326 e. The number of halogens is 2. The van der Waals surface area contributed by atoms with Gasteiger partial charge in [-0.2, -0.15) is 5.10 Å². The van der Waals surface area contributed by atoms with Gasteiger partial charge in [0.15, 0.2) is 0 Å². The van der Waals surface area contributed by atoms with E-state index in [0.717, 1.165) is 0 Å². The second kappa shape index (κ2) is 6.99. The van der Waals surface area contributed by atoms with Crippen molar-refractivity contribution in [1.29, 1.82) is 0 Å². The van der Waals surface area contributed by atoms with Crippen molar-refractivity contribution in [2.75, 3.05) is 10.6 Å². The Morgan fingerprint density at radius 1 is 1.17 bits per heavy atom. The fourth-order valence-corrected chi connectivity index (χ4v) is 1.98. The fourth-order valence-electron chi connectivity index (χ4n) is 1.98. The number of aromatic nitrogens is 2. The van der Waals surface area contributed by atoms with Crippen LogP contribution in [0.3, 0.4) is 0 Å². The number of carbonyl (C=O) groups is 2. The maximum atomic E-state index is 12.6. The van der Waals surface area contributed by atoms with Gasteiger partial charge in [0.05, 0.1) is 0 Å². The van der Waals surface area contributed by atoms with E-state index in [1.54, 1.807) is 31.2 Å². The first-order chi connectivity index (χ1) is 10.8. The van der Waals surface area contributed by atoms with Crippen molar-refractivity contribution in [3.8, 4) is 0 Å². The smallest absolute Gasteiger partial charge is 0.282 e. The number of rotatable bonds is 5. The summed E-state index contributed by atoms with van der Waals surface area (Å²) in [5.74, 6) is -0.574. The number of nitrogens with zero attached hydrogens (tertiary/aromatic N) is 2. The van der Waals surface area contributed by atoms with Crippen molar-refractivity contribution in [3.63, 3.8) is 0 Å². The lowest BCUT2D eigenvalue weighted by Gasteiger charge is -2.08. The van der Waals surface area contributed by atoms with E-state index in [4.69, 9.17) is 0 Å². The summed E-state index contributed by atoms with van der Waals surface area (Å²) in [6.07, 6.45) is -2.67. The van der Waals surface area contributed by atoms with Gasteiger partial charge in [-0.05, 0) is 37.3 Å². The van der Waals surface area contributed by atoms with E-state index in [1.165, 1.54) is 17.7 Å². The summed E-state index contributed by atoms with van der Waals surface area (Å²) in [7, 11) is 0. The summed E-state index contributed by atoms with van der Waals surface area (Å²) in [5.41, 5.74) is 1.27. The minimum absolute atomic E-state index is 0.161. The van der Waals surface area contributed by atoms with Crippen LogP contribution < -0.4 is 10.6 Å². The third kappa shape index (κ3) is 4.60. The Kier molecular flexibility index (Phi) is 5.05. The van der Waals surface area contributed by atoms with E-state index in [2.05, 4.69) is 15.7 Å². The highest BCUT2D eigenvalue weighted by Crippen LogP contribution is 2.18. The summed E-state index contributed by atoms with van der Waals surface area (Å²) >= 11 is 0. The van der Waals surface area contributed by atoms with Crippen LogP contribution >= 0.6 is 0 Å². The Morgan fingerprint density at radius 2 is 1.74 bits per heavy atom. The molecule has 8 heteroatoms. The quantitative estimate of drug-likeness (QED) is 0.888. The summed E-state index contributed by atoms with van der Waals surface area (Å²) in [4.78, 5) is 22.9. The van der Waals surface area contributed by atoms with Gasteiger partial charge < -0.3 is 10.6 Å². The zero-order valence-corrected chi connectivity index (χ0v) is 12.6. The van der Waals surface area contributed by atoms with Crippen molar-refractivity contribution in [1.82, 2.24) is 9.78 Å². The predicted molar refractivity (Wildman–Crippen MR) is 81.3 cm³/mol. The van der Waals surface area contributed by atoms with Gasteiger partial charge in [0.25, 0.3) is 6.43 Å². The number of amides is 2. The number of carbonyl (C=O) groups excluding carboxylic acids is 2. The Labute approximate surface area is 131 Å². The highest BCUT2D eigenvalue weighted by molar-refractivity contribution is 5.92. The number of hydrogen-bond acceptors (Lipinski definition) is 3. The average Bonchev–Trinajstić information content (AvgIpc) is 2.82. The fraction of sp³-hybridized carbons (Fsp3) is 0.267. The van der Waals surface area contributed by atoms with E-state index >= 15 is 0 Å². The Morgan fingerprint density at radius 3 is 2.22 bits per heavy atom. The highest BCUT2D eigenvalue weighted by Gasteiger charge is 2.15. The van der Waals surface area contributed by atoms with Crippen LogP contribution in [0.4, 0.5) is 20.2 Å². The molecule has 0 spiro atoms. The van der Waals surface area contributed by atoms with Gasteiger partial charge in [0.2, 0.25) is 11.8 Å². The number of benzene rings is 1. The molecule has 0 atom stereocenters. The van der Waals surface area contributed by atoms with Gasteiger partial charge in [-0.25, -0.2) is 8.78 Å². The van der Waals surface area contributed by atoms with Crippen LogP contribution in [0.5, 0.6) is 0 Å². The Balaban J connectivity index is 1.98. The van der Waals surface area contributed by atoms with E-state index in [9.17, 15) is 18.4 Å². The number of hydrogen-bond donors (Lipinski definition) is 2. The standard InChI is InChI=1S/C15H16F2N4O2/c1-9-7-13(15(16)17)20-21(9)8-14(23)19-12-5-3-11(4-6-12)18-10(2)22/h3-7,15H,8H2,1-2H3,(H,18,22)(H,19,23). The first kappa shape index (κ1) is 16.6. The van der Waals surface area contributed by atoms with Gasteiger partial charge in [0, 0.05) is 24.0 Å². The first-order valence-electron chi connectivity index (χ1n) is 6.85. The molecule has 2 rings (SSSR count). The molecule has 0 saturated heterocycles. The van der Waals surface area contributed by atoms with Crippen LogP contribution in [0.2, 0.25) is 0 Å². The zero-order valence-electron chi connectivity index (χ0n) is 12.6. The maximum Gasteiger partial charge on any atom is 0.282 e. The normalized spacial score (nSPS) is 10.7. The summed E-state index contributed by atoms with van der Waals surface area (Å²) in [5, 5.41) is 8.94. The van der Waals surface area contributed by atoms with Gasteiger partial charge in [-0.1, -0.05) is 0 Å². The molecule has 0 bridgehead atoms. The summed E-state index contributed by atoms with van der Waals surface area (Å²) in [6.45, 7) is 2.84. The van der Waals surface area contributed by atoms with Gasteiger partial charge in [0.1, 0.15) is 12.2 Å². The number of alkyl halides is 2. The van der Waals surface area contributed by atoms with E-state index in [0.29, 0.717) is 17.1 Å². The monoisotopic (exact) mass is 322 g/mol. The second-order valence-electron chi connectivity index (χ2n) is 4.98. The largest absolute Gasteiger partial charge is 0.326 e.